The van der Waals surface area contributed by atoms with Crippen molar-refractivity contribution in [2.24, 2.45) is 5.73 Å². The molecule has 3 heteroatoms. The second-order valence-corrected chi connectivity index (χ2v) is 9.46. The molecule has 0 aromatic heterocycles. The average Bonchev–Trinajstić information content (AvgIpc) is 2.48. The van der Waals surface area contributed by atoms with Crippen molar-refractivity contribution in [3.63, 3.8) is 0 Å². The smallest absolute Gasteiger partial charge is 0.259 e. The number of benzene rings is 2. The lowest BCUT2D eigenvalue weighted by molar-refractivity contribution is 0.490. The van der Waals surface area contributed by atoms with E-state index in [4.69, 9.17) is 5.73 Å². The Morgan fingerprint density at radius 3 is 1.58 bits per heavy atom. The largest absolute Gasteiger partial charge is 0.423 e. The summed E-state index contributed by atoms with van der Waals surface area (Å²) in [6.45, 7) is 4.57. The first kappa shape index (κ1) is 14.0. The highest BCUT2D eigenvalue weighted by Crippen LogP contribution is 2.33. The number of nitrogens with two attached hydrogens (primary N) is 1. The highest BCUT2D eigenvalue weighted by atomic mass is 28.4. The van der Waals surface area contributed by atoms with Gasteiger partial charge in [0.1, 0.15) is 0 Å². The quantitative estimate of drug-likeness (QED) is 0.827. The minimum Gasteiger partial charge on any atom is -0.423 e. The molecule has 0 aliphatic carbocycles. The Kier molecular flexibility index (Phi) is 3.90. The molecule has 0 saturated heterocycles. The van der Waals surface area contributed by atoms with E-state index in [1.54, 1.807) is 0 Å². The van der Waals surface area contributed by atoms with Crippen molar-refractivity contribution in [2.45, 2.75) is 18.9 Å². The minimum atomic E-state index is -2.85. The standard InChI is InChI=1S/C16H21NOSi/c1-16(2,13-17)19(18,14-9-5-3-6-10-14)15-11-7-4-8-12-15/h3-12,18H,13,17H2,1-2H3. The molecule has 0 aliphatic rings. The van der Waals surface area contributed by atoms with Gasteiger partial charge in [-0.3, -0.25) is 0 Å². The van der Waals surface area contributed by atoms with Crippen LogP contribution in [-0.2, 0) is 0 Å². The molecule has 0 atom stereocenters. The molecule has 0 saturated carbocycles. The Morgan fingerprint density at radius 1 is 0.895 bits per heavy atom. The van der Waals surface area contributed by atoms with Crippen LogP contribution >= 0.6 is 0 Å². The van der Waals surface area contributed by atoms with Gasteiger partial charge in [0.25, 0.3) is 8.32 Å². The molecule has 0 aliphatic heterocycles. The first-order valence-corrected chi connectivity index (χ1v) is 8.50. The van der Waals surface area contributed by atoms with Crippen LogP contribution in [0.1, 0.15) is 13.8 Å². The lowest BCUT2D eigenvalue weighted by Gasteiger charge is -2.40. The van der Waals surface area contributed by atoms with E-state index in [9.17, 15) is 4.80 Å². The zero-order valence-electron chi connectivity index (χ0n) is 11.5. The lowest BCUT2D eigenvalue weighted by atomic mass is 10.2. The molecular formula is C16H21NOSi. The van der Waals surface area contributed by atoms with Crippen LogP contribution < -0.4 is 16.1 Å². The van der Waals surface area contributed by atoms with Gasteiger partial charge in [-0.15, -0.1) is 0 Å². The van der Waals surface area contributed by atoms with Crippen LogP contribution in [0, 0.1) is 0 Å². The van der Waals surface area contributed by atoms with Crippen LogP contribution in [0.2, 0.25) is 5.04 Å². The van der Waals surface area contributed by atoms with Crippen molar-refractivity contribution in [3.8, 4) is 0 Å². The van der Waals surface area contributed by atoms with Crippen LogP contribution in [0.25, 0.3) is 0 Å². The van der Waals surface area contributed by atoms with Crippen molar-refractivity contribution in [2.75, 3.05) is 6.54 Å². The van der Waals surface area contributed by atoms with Gasteiger partial charge >= 0.3 is 0 Å². The van der Waals surface area contributed by atoms with Crippen molar-refractivity contribution in [1.29, 1.82) is 0 Å². The summed E-state index contributed by atoms with van der Waals surface area (Å²) < 4.78 is 0. The molecule has 0 unspecified atom stereocenters. The number of hydrogen-bond donors (Lipinski definition) is 2. The predicted octanol–water partition coefficient (Wildman–Crippen LogP) is 1.48. The molecule has 100 valence electrons. The summed E-state index contributed by atoms with van der Waals surface area (Å²) in [4.78, 5) is 11.5. The first-order chi connectivity index (χ1) is 9.02. The summed E-state index contributed by atoms with van der Waals surface area (Å²) in [7, 11) is -2.85. The molecule has 3 N–H and O–H groups in total. The fraction of sp³-hybridized carbons (Fsp3) is 0.250. The summed E-state index contributed by atoms with van der Waals surface area (Å²) in [5.41, 5.74) is 5.94. The molecule has 0 fully saturated rings. The van der Waals surface area contributed by atoms with Crippen LogP contribution in [0.15, 0.2) is 60.7 Å². The van der Waals surface area contributed by atoms with E-state index in [-0.39, 0.29) is 5.04 Å². The molecule has 0 amide bonds. The van der Waals surface area contributed by atoms with E-state index in [2.05, 4.69) is 13.8 Å². The normalized spacial score (nSPS) is 12.4. The highest BCUT2D eigenvalue weighted by molar-refractivity contribution is 6.98. The summed E-state index contributed by atoms with van der Waals surface area (Å²) in [6.07, 6.45) is 0. The van der Waals surface area contributed by atoms with Gasteiger partial charge in [0.05, 0.1) is 0 Å². The first-order valence-electron chi connectivity index (χ1n) is 6.56. The maximum atomic E-state index is 11.5. The average molecular weight is 271 g/mol. The molecule has 0 radical (unpaired) electrons. The van der Waals surface area contributed by atoms with Gasteiger partial charge < -0.3 is 10.5 Å². The van der Waals surface area contributed by atoms with Gasteiger partial charge in [-0.2, -0.15) is 0 Å². The molecule has 2 aromatic carbocycles. The van der Waals surface area contributed by atoms with E-state index in [0.717, 1.165) is 10.4 Å². The molecule has 2 nitrogen and oxygen atoms in total. The van der Waals surface area contributed by atoms with Gasteiger partial charge in [0.15, 0.2) is 0 Å². The Bertz CT molecular complexity index is 485. The van der Waals surface area contributed by atoms with Gasteiger partial charge in [-0.1, -0.05) is 74.5 Å². The van der Waals surface area contributed by atoms with Crippen molar-refractivity contribution >= 4 is 18.7 Å². The molecule has 0 bridgehead atoms. The molecule has 0 heterocycles. The molecule has 2 aromatic rings. The SMILES string of the molecule is CC(C)(CN)[Si](O)(c1ccccc1)c1ccccc1. The fourth-order valence-corrected chi connectivity index (χ4v) is 6.00. The monoisotopic (exact) mass is 271 g/mol. The molecular weight excluding hydrogens is 250 g/mol. The molecule has 2 rings (SSSR count). The molecule has 19 heavy (non-hydrogen) atoms. The third kappa shape index (κ3) is 2.37. The zero-order chi connectivity index (χ0) is 13.9. The van der Waals surface area contributed by atoms with E-state index in [0.29, 0.717) is 6.54 Å². The maximum Gasteiger partial charge on any atom is 0.259 e. The maximum absolute atomic E-state index is 11.5. The van der Waals surface area contributed by atoms with Gasteiger partial charge in [0.2, 0.25) is 0 Å². The molecule has 0 spiro atoms. The second kappa shape index (κ2) is 5.29. The Labute approximate surface area is 116 Å². The van der Waals surface area contributed by atoms with Crippen molar-refractivity contribution in [1.82, 2.24) is 0 Å². The minimum absolute atomic E-state index is 0.324. The summed E-state index contributed by atoms with van der Waals surface area (Å²) in [5.74, 6) is 0. The van der Waals surface area contributed by atoms with Gasteiger partial charge in [0, 0.05) is 5.04 Å². The van der Waals surface area contributed by atoms with Crippen LogP contribution in [-0.4, -0.2) is 19.7 Å². The second-order valence-electron chi connectivity index (χ2n) is 5.53. The van der Waals surface area contributed by atoms with Crippen molar-refractivity contribution < 1.29 is 4.80 Å². The lowest BCUT2D eigenvalue weighted by Crippen LogP contribution is -2.67. The van der Waals surface area contributed by atoms with E-state index < -0.39 is 8.32 Å². The van der Waals surface area contributed by atoms with Crippen LogP contribution in [0.5, 0.6) is 0 Å². The third-order valence-electron chi connectivity index (χ3n) is 3.87. The summed E-state index contributed by atoms with van der Waals surface area (Å²) in [5, 5.41) is 1.70. The third-order valence-corrected chi connectivity index (χ3v) is 8.37. The Hall–Kier alpha value is -1.42. The highest BCUT2D eigenvalue weighted by Gasteiger charge is 2.49. The van der Waals surface area contributed by atoms with Crippen LogP contribution in [0.3, 0.4) is 0 Å². The van der Waals surface area contributed by atoms with Crippen LogP contribution in [0.4, 0.5) is 0 Å². The predicted molar refractivity (Wildman–Crippen MR) is 83.2 cm³/mol. The summed E-state index contributed by atoms with van der Waals surface area (Å²) in [6, 6.07) is 19.9. The van der Waals surface area contributed by atoms with Gasteiger partial charge in [-0.05, 0) is 16.9 Å². The Balaban J connectivity index is 2.65. The summed E-state index contributed by atoms with van der Waals surface area (Å²) >= 11 is 0. The van der Waals surface area contributed by atoms with E-state index >= 15 is 0 Å². The number of hydrogen-bond acceptors (Lipinski definition) is 2. The Morgan fingerprint density at radius 2 is 1.26 bits per heavy atom. The van der Waals surface area contributed by atoms with E-state index in [1.807, 2.05) is 60.7 Å². The van der Waals surface area contributed by atoms with Crippen molar-refractivity contribution in [3.05, 3.63) is 60.7 Å². The fourth-order valence-electron chi connectivity index (χ4n) is 2.45. The zero-order valence-corrected chi connectivity index (χ0v) is 12.5. The topological polar surface area (TPSA) is 46.2 Å². The van der Waals surface area contributed by atoms with E-state index in [1.165, 1.54) is 0 Å². The van der Waals surface area contributed by atoms with Gasteiger partial charge in [-0.25, -0.2) is 0 Å². The number of rotatable bonds is 4.